The maximum atomic E-state index is 10.6. The Morgan fingerprint density at radius 2 is 1.90 bits per heavy atom. The van der Waals surface area contributed by atoms with E-state index in [0.717, 1.165) is 54.9 Å². The molecule has 6 heteroatoms. The van der Waals surface area contributed by atoms with E-state index in [1.807, 2.05) is 19.2 Å². The first kappa shape index (κ1) is 16.4. The number of thioether (sulfide) groups is 1. The minimum absolute atomic E-state index is 0.552. The minimum Gasteiger partial charge on any atom is -0.388 e. The fourth-order valence-corrected chi connectivity index (χ4v) is 2.99. The Bertz CT molecular complexity index is 461. The van der Waals surface area contributed by atoms with Gasteiger partial charge in [0, 0.05) is 19.2 Å². The zero-order valence-electron chi connectivity index (χ0n) is 13.1. The van der Waals surface area contributed by atoms with Crippen molar-refractivity contribution in [1.29, 1.82) is 0 Å². The number of anilines is 2. The lowest BCUT2D eigenvalue weighted by molar-refractivity contribution is 0.00494. The molecule has 0 radical (unpaired) electrons. The molecule has 1 saturated carbocycles. The largest absolute Gasteiger partial charge is 0.388 e. The van der Waals surface area contributed by atoms with Crippen LogP contribution in [0.5, 0.6) is 0 Å². The fraction of sp³-hybridized carbons (Fsp3) is 0.733. The topological polar surface area (TPSA) is 70.1 Å². The monoisotopic (exact) mass is 310 g/mol. The molecule has 21 heavy (non-hydrogen) atoms. The maximum Gasteiger partial charge on any atom is 0.191 e. The summed E-state index contributed by atoms with van der Waals surface area (Å²) in [6.07, 6.45) is 5.88. The van der Waals surface area contributed by atoms with Crippen LogP contribution < -0.4 is 10.6 Å². The number of hydrogen-bond donors (Lipinski definition) is 3. The zero-order valence-corrected chi connectivity index (χ0v) is 14.0. The molecule has 0 aliphatic heterocycles. The number of hydrogen-bond acceptors (Lipinski definition) is 6. The second-order valence-electron chi connectivity index (χ2n) is 5.92. The van der Waals surface area contributed by atoms with Crippen LogP contribution in [-0.2, 0) is 0 Å². The average Bonchev–Trinajstić information content (AvgIpc) is 2.49. The van der Waals surface area contributed by atoms with Gasteiger partial charge in [0.25, 0.3) is 0 Å². The molecule has 1 aromatic heterocycles. The van der Waals surface area contributed by atoms with Crippen LogP contribution in [0.1, 0.15) is 39.5 Å². The summed E-state index contributed by atoms with van der Waals surface area (Å²) in [4.78, 5) is 8.86. The fourth-order valence-electron chi connectivity index (χ4n) is 2.61. The first-order chi connectivity index (χ1) is 10.0. The van der Waals surface area contributed by atoms with Crippen molar-refractivity contribution in [2.24, 2.45) is 5.92 Å². The standard InChI is InChI=1S/C15H26N4OS/c1-4-16-12-9-13(19-14(18-12)21-3)17-10-15(20)7-5-11(2)6-8-15/h9,11,20H,4-8,10H2,1-3H3,(H2,16,17,18,19). The van der Waals surface area contributed by atoms with Gasteiger partial charge >= 0.3 is 0 Å². The number of nitrogens with one attached hydrogen (secondary N) is 2. The summed E-state index contributed by atoms with van der Waals surface area (Å²) in [5.41, 5.74) is -0.602. The van der Waals surface area contributed by atoms with Gasteiger partial charge in [-0.1, -0.05) is 18.7 Å². The van der Waals surface area contributed by atoms with Gasteiger partial charge in [0.1, 0.15) is 11.6 Å². The summed E-state index contributed by atoms with van der Waals surface area (Å²) in [7, 11) is 0. The third-order valence-electron chi connectivity index (χ3n) is 4.05. The smallest absolute Gasteiger partial charge is 0.191 e. The van der Waals surface area contributed by atoms with Crippen molar-refractivity contribution < 1.29 is 5.11 Å². The molecule has 2 rings (SSSR count). The molecule has 1 aliphatic rings. The van der Waals surface area contributed by atoms with Crippen LogP contribution in [0.25, 0.3) is 0 Å². The van der Waals surface area contributed by atoms with Gasteiger partial charge in [-0.15, -0.1) is 0 Å². The molecule has 3 N–H and O–H groups in total. The number of aromatic nitrogens is 2. The van der Waals surface area contributed by atoms with Gasteiger partial charge in [0.2, 0.25) is 0 Å². The van der Waals surface area contributed by atoms with E-state index in [-0.39, 0.29) is 0 Å². The van der Waals surface area contributed by atoms with Crippen LogP contribution in [0, 0.1) is 5.92 Å². The third-order valence-corrected chi connectivity index (χ3v) is 4.60. The summed E-state index contributed by atoms with van der Waals surface area (Å²) in [5, 5.41) is 17.9. The van der Waals surface area contributed by atoms with Crippen molar-refractivity contribution in [2.45, 2.75) is 50.3 Å². The quantitative estimate of drug-likeness (QED) is 0.554. The molecular weight excluding hydrogens is 284 g/mol. The van der Waals surface area contributed by atoms with E-state index in [2.05, 4.69) is 27.5 Å². The Morgan fingerprint density at radius 1 is 1.29 bits per heavy atom. The van der Waals surface area contributed by atoms with Gasteiger partial charge in [-0.2, -0.15) is 0 Å². The van der Waals surface area contributed by atoms with Crippen molar-refractivity contribution >= 4 is 23.4 Å². The van der Waals surface area contributed by atoms with Gasteiger partial charge in [-0.25, -0.2) is 9.97 Å². The Morgan fingerprint density at radius 3 is 2.48 bits per heavy atom. The van der Waals surface area contributed by atoms with Gasteiger partial charge in [-0.05, 0) is 44.8 Å². The normalized spacial score (nSPS) is 25.6. The molecule has 1 heterocycles. The highest BCUT2D eigenvalue weighted by molar-refractivity contribution is 7.98. The van der Waals surface area contributed by atoms with Gasteiger partial charge in [-0.3, -0.25) is 0 Å². The lowest BCUT2D eigenvalue weighted by Gasteiger charge is -2.35. The third kappa shape index (κ3) is 4.74. The van der Waals surface area contributed by atoms with Gasteiger partial charge < -0.3 is 15.7 Å². The van der Waals surface area contributed by atoms with E-state index in [0.29, 0.717) is 6.54 Å². The van der Waals surface area contributed by atoms with Crippen molar-refractivity contribution in [2.75, 3.05) is 30.0 Å². The highest BCUT2D eigenvalue weighted by Crippen LogP contribution is 2.32. The first-order valence-electron chi connectivity index (χ1n) is 7.68. The molecule has 0 amide bonds. The van der Waals surface area contributed by atoms with Crippen LogP contribution in [0.4, 0.5) is 11.6 Å². The van der Waals surface area contributed by atoms with Gasteiger partial charge in [0.05, 0.1) is 5.60 Å². The van der Waals surface area contributed by atoms with E-state index < -0.39 is 5.60 Å². The predicted molar refractivity (Wildman–Crippen MR) is 89.0 cm³/mol. The molecule has 5 nitrogen and oxygen atoms in total. The molecule has 0 bridgehead atoms. The highest BCUT2D eigenvalue weighted by atomic mass is 32.2. The second kappa shape index (κ2) is 7.31. The van der Waals surface area contributed by atoms with E-state index in [4.69, 9.17) is 0 Å². The SMILES string of the molecule is CCNc1cc(NCC2(O)CCC(C)CC2)nc(SC)n1. The van der Waals surface area contributed by atoms with E-state index in [1.165, 1.54) is 11.8 Å². The summed E-state index contributed by atoms with van der Waals surface area (Å²) in [6.45, 7) is 5.67. The van der Waals surface area contributed by atoms with Crippen LogP contribution in [0.2, 0.25) is 0 Å². The van der Waals surface area contributed by atoms with E-state index in [1.54, 1.807) is 0 Å². The minimum atomic E-state index is -0.602. The van der Waals surface area contributed by atoms with Crippen LogP contribution in [0.3, 0.4) is 0 Å². The Labute approximate surface area is 131 Å². The lowest BCUT2D eigenvalue weighted by atomic mass is 9.79. The van der Waals surface area contributed by atoms with E-state index in [9.17, 15) is 5.11 Å². The predicted octanol–water partition coefficient (Wildman–Crippen LogP) is 2.98. The highest BCUT2D eigenvalue weighted by Gasteiger charge is 2.31. The molecule has 1 fully saturated rings. The summed E-state index contributed by atoms with van der Waals surface area (Å²) in [5.74, 6) is 2.33. The molecule has 118 valence electrons. The number of aliphatic hydroxyl groups is 1. The molecular formula is C15H26N4OS. The first-order valence-corrected chi connectivity index (χ1v) is 8.90. The Kier molecular flexibility index (Phi) is 5.70. The number of rotatable bonds is 6. The molecule has 0 saturated heterocycles. The Hall–Kier alpha value is -1.01. The number of nitrogens with zero attached hydrogens (tertiary/aromatic N) is 2. The van der Waals surface area contributed by atoms with Crippen molar-refractivity contribution in [3.63, 3.8) is 0 Å². The summed E-state index contributed by atoms with van der Waals surface area (Å²) >= 11 is 1.52. The van der Waals surface area contributed by atoms with Crippen LogP contribution in [-0.4, -0.2) is 40.0 Å². The summed E-state index contributed by atoms with van der Waals surface area (Å²) in [6, 6.07) is 1.90. The Balaban J connectivity index is 2.00. The molecule has 1 aliphatic carbocycles. The lowest BCUT2D eigenvalue weighted by Crippen LogP contribution is -2.40. The van der Waals surface area contributed by atoms with Gasteiger partial charge in [0.15, 0.2) is 5.16 Å². The van der Waals surface area contributed by atoms with Crippen molar-refractivity contribution in [1.82, 2.24) is 9.97 Å². The van der Waals surface area contributed by atoms with E-state index >= 15 is 0 Å². The van der Waals surface area contributed by atoms with Crippen molar-refractivity contribution in [3.8, 4) is 0 Å². The zero-order chi connectivity index (χ0) is 15.3. The maximum absolute atomic E-state index is 10.6. The summed E-state index contributed by atoms with van der Waals surface area (Å²) < 4.78 is 0. The second-order valence-corrected chi connectivity index (χ2v) is 6.69. The van der Waals surface area contributed by atoms with Crippen LogP contribution >= 0.6 is 11.8 Å². The van der Waals surface area contributed by atoms with Crippen molar-refractivity contribution in [3.05, 3.63) is 6.07 Å². The molecule has 1 aromatic rings. The van der Waals surface area contributed by atoms with Crippen LogP contribution in [0.15, 0.2) is 11.2 Å². The molecule has 0 unspecified atom stereocenters. The average molecular weight is 310 g/mol. The molecule has 0 aromatic carbocycles. The molecule has 0 spiro atoms. The molecule has 0 atom stereocenters.